The molecule has 0 saturated carbocycles. The topological polar surface area (TPSA) is 77.2 Å². The quantitative estimate of drug-likeness (QED) is 0.719. The van der Waals surface area contributed by atoms with E-state index in [-0.39, 0.29) is 18.2 Å². The van der Waals surface area contributed by atoms with Crippen LogP contribution in [0.25, 0.3) is 11.4 Å². The molecule has 1 amide bonds. The molecule has 0 aliphatic carbocycles. The van der Waals surface area contributed by atoms with Crippen LogP contribution in [0.15, 0.2) is 47.0 Å². The van der Waals surface area contributed by atoms with Gasteiger partial charge in [-0.15, -0.1) is 0 Å². The van der Waals surface area contributed by atoms with Crippen molar-refractivity contribution in [2.24, 2.45) is 0 Å². The molecule has 0 aliphatic rings. The summed E-state index contributed by atoms with van der Waals surface area (Å²) < 4.78 is 10.2. The molecule has 3 aromatic rings. The Bertz CT molecular complexity index is 874. The minimum Gasteiger partial charge on any atom is -0.497 e. The highest BCUT2D eigenvalue weighted by Crippen LogP contribution is 2.29. The highest BCUT2D eigenvalue weighted by atomic mass is 35.5. The van der Waals surface area contributed by atoms with Crippen molar-refractivity contribution in [1.29, 1.82) is 0 Å². The lowest BCUT2D eigenvalue weighted by molar-refractivity contribution is -0.115. The van der Waals surface area contributed by atoms with E-state index in [1.807, 2.05) is 0 Å². The predicted molar refractivity (Wildman–Crippen MR) is 95.1 cm³/mol. The number of para-hydroxylation sites is 1. The molecule has 0 spiro atoms. The van der Waals surface area contributed by atoms with Gasteiger partial charge in [0.05, 0.1) is 22.8 Å². The number of benzene rings is 2. The second-order valence-electron chi connectivity index (χ2n) is 5.06. The fraction of sp³-hybridized carbons (Fsp3) is 0.118. The van der Waals surface area contributed by atoms with Crippen LogP contribution in [0.4, 0.5) is 5.69 Å². The van der Waals surface area contributed by atoms with Crippen LogP contribution in [0.1, 0.15) is 5.89 Å². The maximum absolute atomic E-state index is 12.1. The van der Waals surface area contributed by atoms with E-state index >= 15 is 0 Å². The average molecular weight is 378 g/mol. The highest BCUT2D eigenvalue weighted by molar-refractivity contribution is 6.39. The fourth-order valence-corrected chi connectivity index (χ4v) is 2.61. The van der Waals surface area contributed by atoms with Crippen molar-refractivity contribution in [3.05, 3.63) is 58.4 Å². The van der Waals surface area contributed by atoms with Crippen LogP contribution in [0.3, 0.4) is 0 Å². The molecule has 25 heavy (non-hydrogen) atoms. The number of carbonyl (C=O) groups is 1. The first-order chi connectivity index (χ1) is 12.1. The highest BCUT2D eigenvalue weighted by Gasteiger charge is 2.15. The summed E-state index contributed by atoms with van der Waals surface area (Å²) in [7, 11) is 1.59. The molecule has 1 heterocycles. The normalized spacial score (nSPS) is 10.5. The van der Waals surface area contributed by atoms with E-state index in [9.17, 15) is 4.79 Å². The summed E-state index contributed by atoms with van der Waals surface area (Å²) in [5.74, 6) is 0.941. The first kappa shape index (κ1) is 17.3. The smallest absolute Gasteiger partial charge is 0.236 e. The van der Waals surface area contributed by atoms with Crippen molar-refractivity contribution >= 4 is 34.8 Å². The summed E-state index contributed by atoms with van der Waals surface area (Å²) in [4.78, 5) is 16.4. The Balaban J connectivity index is 1.69. The number of nitrogens with zero attached hydrogens (tertiary/aromatic N) is 2. The van der Waals surface area contributed by atoms with E-state index in [1.165, 1.54) is 0 Å². The SMILES string of the molecule is COc1ccc(-c2noc(CC(=O)Nc3c(Cl)cccc3Cl)n2)cc1. The molecule has 8 heteroatoms. The first-order valence-corrected chi connectivity index (χ1v) is 8.03. The summed E-state index contributed by atoms with van der Waals surface area (Å²) in [6, 6.07) is 12.2. The van der Waals surface area contributed by atoms with E-state index < -0.39 is 0 Å². The van der Waals surface area contributed by atoms with Gasteiger partial charge in [0.15, 0.2) is 0 Å². The van der Waals surface area contributed by atoms with Gasteiger partial charge in [0.2, 0.25) is 17.6 Å². The molecule has 0 aliphatic heterocycles. The maximum atomic E-state index is 12.1. The monoisotopic (exact) mass is 377 g/mol. The Labute approximate surface area is 153 Å². The van der Waals surface area contributed by atoms with Gasteiger partial charge in [0, 0.05) is 5.56 Å². The van der Waals surface area contributed by atoms with Crippen molar-refractivity contribution < 1.29 is 14.1 Å². The summed E-state index contributed by atoms with van der Waals surface area (Å²) in [5.41, 5.74) is 1.11. The molecule has 0 fully saturated rings. The number of nitrogens with one attached hydrogen (secondary N) is 1. The zero-order valence-electron chi connectivity index (χ0n) is 13.1. The van der Waals surface area contributed by atoms with Crippen LogP contribution in [0.5, 0.6) is 5.75 Å². The summed E-state index contributed by atoms with van der Waals surface area (Å²) >= 11 is 12.0. The maximum Gasteiger partial charge on any atom is 0.236 e. The van der Waals surface area contributed by atoms with E-state index in [0.717, 1.165) is 11.3 Å². The third-order valence-corrected chi connectivity index (χ3v) is 3.99. The van der Waals surface area contributed by atoms with E-state index in [1.54, 1.807) is 49.6 Å². The van der Waals surface area contributed by atoms with E-state index in [4.69, 9.17) is 32.5 Å². The number of anilines is 1. The number of hydrogen-bond donors (Lipinski definition) is 1. The minimum absolute atomic E-state index is 0.0926. The van der Waals surface area contributed by atoms with Gasteiger partial charge in [-0.25, -0.2) is 0 Å². The largest absolute Gasteiger partial charge is 0.497 e. The Morgan fingerprint density at radius 3 is 2.48 bits per heavy atom. The third kappa shape index (κ3) is 4.10. The van der Waals surface area contributed by atoms with Crippen molar-refractivity contribution in [1.82, 2.24) is 10.1 Å². The van der Waals surface area contributed by atoms with Crippen LogP contribution in [0, 0.1) is 0 Å². The molecule has 0 bridgehead atoms. The number of amides is 1. The Morgan fingerprint density at radius 2 is 1.84 bits per heavy atom. The molecule has 0 unspecified atom stereocenters. The molecule has 3 rings (SSSR count). The molecule has 1 aromatic heterocycles. The average Bonchev–Trinajstić information content (AvgIpc) is 3.07. The molecule has 1 N–H and O–H groups in total. The van der Waals surface area contributed by atoms with Gasteiger partial charge in [-0.3, -0.25) is 4.79 Å². The molecule has 128 valence electrons. The van der Waals surface area contributed by atoms with Gasteiger partial charge < -0.3 is 14.6 Å². The third-order valence-electron chi connectivity index (χ3n) is 3.36. The number of ether oxygens (including phenoxy) is 1. The Kier molecular flexibility index (Phi) is 5.21. The predicted octanol–water partition coefficient (Wildman–Crippen LogP) is 4.23. The number of aromatic nitrogens is 2. The molecule has 0 saturated heterocycles. The number of halogens is 2. The molecular formula is C17H13Cl2N3O3. The van der Waals surface area contributed by atoms with Crippen LogP contribution in [-0.2, 0) is 11.2 Å². The van der Waals surface area contributed by atoms with Gasteiger partial charge >= 0.3 is 0 Å². The lowest BCUT2D eigenvalue weighted by Gasteiger charge is -2.07. The summed E-state index contributed by atoms with van der Waals surface area (Å²) in [6.45, 7) is 0. The van der Waals surface area contributed by atoms with Crippen LogP contribution in [-0.4, -0.2) is 23.2 Å². The van der Waals surface area contributed by atoms with Crippen molar-refractivity contribution in [2.75, 3.05) is 12.4 Å². The molecule has 0 radical (unpaired) electrons. The number of hydrogen-bond acceptors (Lipinski definition) is 5. The number of rotatable bonds is 5. The first-order valence-electron chi connectivity index (χ1n) is 7.27. The van der Waals surface area contributed by atoms with Crippen molar-refractivity contribution in [3.63, 3.8) is 0 Å². The van der Waals surface area contributed by atoms with Crippen molar-refractivity contribution in [2.45, 2.75) is 6.42 Å². The second-order valence-corrected chi connectivity index (χ2v) is 5.88. The second kappa shape index (κ2) is 7.55. The Morgan fingerprint density at radius 1 is 1.16 bits per heavy atom. The van der Waals surface area contributed by atoms with Crippen LogP contribution in [0.2, 0.25) is 10.0 Å². The zero-order valence-corrected chi connectivity index (χ0v) is 14.6. The van der Waals surface area contributed by atoms with Gasteiger partial charge in [-0.05, 0) is 36.4 Å². The molecule has 0 atom stereocenters. The van der Waals surface area contributed by atoms with E-state index in [0.29, 0.717) is 21.6 Å². The van der Waals surface area contributed by atoms with Gasteiger partial charge in [-0.2, -0.15) is 4.98 Å². The fourth-order valence-electron chi connectivity index (χ4n) is 2.12. The molecule has 2 aromatic carbocycles. The van der Waals surface area contributed by atoms with Gasteiger partial charge in [0.25, 0.3) is 0 Å². The lowest BCUT2D eigenvalue weighted by atomic mass is 10.2. The standard InChI is InChI=1S/C17H13Cl2N3O3/c1-24-11-7-5-10(6-8-11)17-21-15(25-22-17)9-14(23)20-16-12(18)3-2-4-13(16)19/h2-8H,9H2,1H3,(H,20,23). The number of carbonyl (C=O) groups excluding carboxylic acids is 1. The Hall–Kier alpha value is -2.57. The summed E-state index contributed by atoms with van der Waals surface area (Å²) in [6.07, 6.45) is -0.0926. The van der Waals surface area contributed by atoms with Crippen molar-refractivity contribution in [3.8, 4) is 17.1 Å². The van der Waals surface area contributed by atoms with Gasteiger partial charge in [0.1, 0.15) is 12.2 Å². The zero-order chi connectivity index (χ0) is 17.8. The van der Waals surface area contributed by atoms with Crippen LogP contribution >= 0.6 is 23.2 Å². The van der Waals surface area contributed by atoms with Gasteiger partial charge in [-0.1, -0.05) is 34.4 Å². The van der Waals surface area contributed by atoms with Crippen LogP contribution < -0.4 is 10.1 Å². The number of methoxy groups -OCH3 is 1. The molecular weight excluding hydrogens is 365 g/mol. The summed E-state index contributed by atoms with van der Waals surface area (Å²) in [5, 5.41) is 7.23. The minimum atomic E-state index is -0.361. The lowest BCUT2D eigenvalue weighted by Crippen LogP contribution is -2.15. The van der Waals surface area contributed by atoms with E-state index in [2.05, 4.69) is 15.5 Å². The molecule has 6 nitrogen and oxygen atoms in total.